The normalized spacial score (nSPS) is 12.7. The highest BCUT2D eigenvalue weighted by molar-refractivity contribution is 7.99. The minimum Gasteiger partial charge on any atom is -0.325 e. The molecule has 0 aliphatic carbocycles. The molecular weight excluding hydrogens is 391 g/mol. The number of hydrogen-bond acceptors (Lipinski definition) is 3. The van der Waals surface area contributed by atoms with Gasteiger partial charge in [0.1, 0.15) is 0 Å². The van der Waals surface area contributed by atoms with E-state index < -0.39 is 0 Å². The second-order valence-electron chi connectivity index (χ2n) is 5.70. The molecule has 0 radical (unpaired) electrons. The van der Waals surface area contributed by atoms with Crippen molar-refractivity contribution in [1.82, 2.24) is 9.55 Å². The molecule has 0 spiro atoms. The maximum absolute atomic E-state index is 12.4. The van der Waals surface area contributed by atoms with Crippen LogP contribution in [0.1, 0.15) is 0 Å². The number of carbonyl (C=O) groups excluding carboxylic acids is 1. The number of carbonyl (C=O) groups is 1. The van der Waals surface area contributed by atoms with E-state index >= 15 is 0 Å². The van der Waals surface area contributed by atoms with Crippen LogP contribution in [0.15, 0.2) is 53.8 Å². The third-order valence-electron chi connectivity index (χ3n) is 3.93. The SMILES string of the molecule is O=C(Nc1ccc(Cl)c(Cl)c1)Nc1ccccc1-c1cn2c(n1)SCC2. The summed E-state index contributed by atoms with van der Waals surface area (Å²) in [5.74, 6) is 1.05. The Kier molecular flexibility index (Phi) is 4.80. The van der Waals surface area contributed by atoms with E-state index in [1.54, 1.807) is 30.0 Å². The van der Waals surface area contributed by atoms with Gasteiger partial charge in [-0.3, -0.25) is 0 Å². The van der Waals surface area contributed by atoms with Gasteiger partial charge in [0.2, 0.25) is 0 Å². The zero-order chi connectivity index (χ0) is 18.1. The summed E-state index contributed by atoms with van der Waals surface area (Å²) in [6.07, 6.45) is 2.02. The van der Waals surface area contributed by atoms with Gasteiger partial charge in [-0.25, -0.2) is 9.78 Å². The molecule has 5 nitrogen and oxygen atoms in total. The van der Waals surface area contributed by atoms with Crippen molar-refractivity contribution in [2.75, 3.05) is 16.4 Å². The topological polar surface area (TPSA) is 59.0 Å². The summed E-state index contributed by atoms with van der Waals surface area (Å²) in [6.45, 7) is 0.959. The lowest BCUT2D eigenvalue weighted by Gasteiger charge is -2.11. The van der Waals surface area contributed by atoms with Crippen molar-refractivity contribution in [3.8, 4) is 11.3 Å². The number of para-hydroxylation sites is 1. The van der Waals surface area contributed by atoms with Crippen LogP contribution in [0.2, 0.25) is 10.0 Å². The van der Waals surface area contributed by atoms with E-state index in [9.17, 15) is 4.79 Å². The first-order valence-corrected chi connectivity index (χ1v) is 9.67. The number of nitrogens with zero attached hydrogens (tertiary/aromatic N) is 2. The van der Waals surface area contributed by atoms with E-state index in [-0.39, 0.29) is 6.03 Å². The number of benzene rings is 2. The fourth-order valence-corrected chi connectivity index (χ4v) is 3.95. The summed E-state index contributed by atoms with van der Waals surface area (Å²) in [7, 11) is 0. The van der Waals surface area contributed by atoms with Gasteiger partial charge >= 0.3 is 6.03 Å². The van der Waals surface area contributed by atoms with Gasteiger partial charge in [0, 0.05) is 29.7 Å². The van der Waals surface area contributed by atoms with Gasteiger partial charge in [-0.15, -0.1) is 0 Å². The molecule has 0 fully saturated rings. The second-order valence-corrected chi connectivity index (χ2v) is 7.58. The molecule has 2 heterocycles. The molecule has 3 aromatic rings. The van der Waals surface area contributed by atoms with E-state index in [1.807, 2.05) is 30.5 Å². The van der Waals surface area contributed by atoms with Crippen molar-refractivity contribution >= 4 is 52.4 Å². The molecule has 1 aromatic heterocycles. The quantitative estimate of drug-likeness (QED) is 0.596. The molecule has 2 N–H and O–H groups in total. The van der Waals surface area contributed by atoms with Crippen LogP contribution < -0.4 is 10.6 Å². The lowest BCUT2D eigenvalue weighted by Crippen LogP contribution is -2.19. The average Bonchev–Trinajstić information content (AvgIpc) is 3.20. The number of aromatic nitrogens is 2. The van der Waals surface area contributed by atoms with Crippen molar-refractivity contribution < 1.29 is 4.79 Å². The number of imidazole rings is 1. The number of nitrogens with one attached hydrogen (secondary N) is 2. The smallest absolute Gasteiger partial charge is 0.323 e. The molecule has 0 saturated heterocycles. The van der Waals surface area contributed by atoms with E-state index in [2.05, 4.69) is 20.2 Å². The second kappa shape index (κ2) is 7.23. The number of hydrogen-bond donors (Lipinski definition) is 2. The molecule has 132 valence electrons. The first-order valence-electron chi connectivity index (χ1n) is 7.92. The molecule has 8 heteroatoms. The molecule has 0 atom stereocenters. The highest BCUT2D eigenvalue weighted by atomic mass is 35.5. The van der Waals surface area contributed by atoms with Crippen LogP contribution in [0, 0.1) is 0 Å². The highest BCUT2D eigenvalue weighted by Crippen LogP contribution is 2.32. The van der Waals surface area contributed by atoms with Crippen LogP contribution in [-0.4, -0.2) is 21.3 Å². The highest BCUT2D eigenvalue weighted by Gasteiger charge is 2.17. The Balaban J connectivity index is 1.54. The summed E-state index contributed by atoms with van der Waals surface area (Å²) in [5.41, 5.74) is 2.97. The summed E-state index contributed by atoms with van der Waals surface area (Å²) in [5, 5.41) is 7.46. The van der Waals surface area contributed by atoms with E-state index in [0.717, 1.165) is 28.7 Å². The van der Waals surface area contributed by atoms with Gasteiger partial charge in [-0.2, -0.15) is 0 Å². The van der Waals surface area contributed by atoms with Gasteiger partial charge in [0.05, 0.1) is 21.4 Å². The minimum absolute atomic E-state index is 0.364. The Morgan fingerprint density at radius 3 is 2.77 bits per heavy atom. The fraction of sp³-hybridized carbons (Fsp3) is 0.111. The van der Waals surface area contributed by atoms with Crippen LogP contribution in [0.3, 0.4) is 0 Å². The maximum atomic E-state index is 12.4. The minimum atomic E-state index is -0.364. The van der Waals surface area contributed by atoms with Crippen molar-refractivity contribution in [3.63, 3.8) is 0 Å². The largest absolute Gasteiger partial charge is 0.325 e. The third kappa shape index (κ3) is 3.53. The molecule has 0 unspecified atom stereocenters. The van der Waals surface area contributed by atoms with Crippen molar-refractivity contribution in [2.24, 2.45) is 0 Å². The number of rotatable bonds is 3. The number of amides is 2. The summed E-state index contributed by atoms with van der Waals surface area (Å²) in [6, 6.07) is 12.2. The molecule has 0 bridgehead atoms. The molecule has 2 amide bonds. The lowest BCUT2D eigenvalue weighted by atomic mass is 10.1. The number of fused-ring (bicyclic) bond motifs is 1. The van der Waals surface area contributed by atoms with E-state index in [0.29, 0.717) is 21.4 Å². The Hall–Kier alpha value is -2.15. The van der Waals surface area contributed by atoms with Gasteiger partial charge in [-0.05, 0) is 24.3 Å². The van der Waals surface area contributed by atoms with Gasteiger partial charge in [-0.1, -0.05) is 53.2 Å². The molecule has 2 aromatic carbocycles. The van der Waals surface area contributed by atoms with Crippen LogP contribution in [0.5, 0.6) is 0 Å². The van der Waals surface area contributed by atoms with Crippen LogP contribution in [0.25, 0.3) is 11.3 Å². The Morgan fingerprint density at radius 2 is 1.96 bits per heavy atom. The number of halogens is 2. The maximum Gasteiger partial charge on any atom is 0.323 e. The monoisotopic (exact) mass is 404 g/mol. The van der Waals surface area contributed by atoms with Crippen LogP contribution >= 0.6 is 35.0 Å². The Labute approximate surface area is 164 Å². The van der Waals surface area contributed by atoms with Crippen molar-refractivity contribution in [1.29, 1.82) is 0 Å². The summed E-state index contributed by atoms with van der Waals surface area (Å²) in [4.78, 5) is 17.0. The Morgan fingerprint density at radius 1 is 1.12 bits per heavy atom. The molecule has 1 aliphatic rings. The average molecular weight is 405 g/mol. The zero-order valence-corrected chi connectivity index (χ0v) is 15.8. The molecule has 26 heavy (non-hydrogen) atoms. The lowest BCUT2D eigenvalue weighted by molar-refractivity contribution is 0.262. The van der Waals surface area contributed by atoms with Gasteiger partial charge < -0.3 is 15.2 Å². The van der Waals surface area contributed by atoms with Crippen LogP contribution in [0.4, 0.5) is 16.2 Å². The summed E-state index contributed by atoms with van der Waals surface area (Å²) >= 11 is 13.6. The van der Waals surface area contributed by atoms with Crippen molar-refractivity contribution in [3.05, 3.63) is 58.7 Å². The number of anilines is 2. The van der Waals surface area contributed by atoms with Crippen LogP contribution in [-0.2, 0) is 6.54 Å². The first-order chi connectivity index (χ1) is 12.6. The van der Waals surface area contributed by atoms with Gasteiger partial charge in [0.25, 0.3) is 0 Å². The van der Waals surface area contributed by atoms with Crippen molar-refractivity contribution in [2.45, 2.75) is 11.7 Å². The molecule has 0 saturated carbocycles. The molecular formula is C18H14Cl2N4OS. The standard InChI is InChI=1S/C18H14Cl2N4OS/c19-13-6-5-11(9-14(13)20)21-17(25)22-15-4-2-1-3-12(15)16-10-24-7-8-26-18(24)23-16/h1-6,9-10H,7-8H2,(H2,21,22,25). The van der Waals surface area contributed by atoms with Gasteiger partial charge in [0.15, 0.2) is 5.16 Å². The zero-order valence-electron chi connectivity index (χ0n) is 13.5. The predicted molar refractivity (Wildman–Crippen MR) is 107 cm³/mol. The Bertz CT molecular complexity index is 968. The number of aryl methyl sites for hydroxylation is 1. The molecule has 4 rings (SSSR count). The first kappa shape index (κ1) is 17.3. The summed E-state index contributed by atoms with van der Waals surface area (Å²) < 4.78 is 2.13. The van der Waals surface area contributed by atoms with E-state index in [4.69, 9.17) is 23.2 Å². The molecule has 1 aliphatic heterocycles. The third-order valence-corrected chi connectivity index (χ3v) is 5.64. The number of thioether (sulfide) groups is 1. The predicted octanol–water partition coefficient (Wildman–Crippen LogP) is 5.61. The van der Waals surface area contributed by atoms with E-state index in [1.165, 1.54) is 0 Å². The fourth-order valence-electron chi connectivity index (χ4n) is 2.71. The number of urea groups is 1.